The van der Waals surface area contributed by atoms with E-state index in [0.717, 1.165) is 29.7 Å². The molecule has 6 rings (SSSR count). The molecule has 7 nitrogen and oxygen atoms in total. The SMILES string of the molecule is C1CC2CC2N(SCC2CC3CNCC3C2)C1.NC(=O)c1cc(C2COC2)on1. The van der Waals surface area contributed by atoms with Crippen LogP contribution in [0, 0.1) is 23.7 Å². The summed E-state index contributed by atoms with van der Waals surface area (Å²) in [6.45, 7) is 5.24. The standard InChI is InChI=1S/C14H24N2S.C7H8N2O3/c1-2-11-6-14(11)16(3-1)17-9-10-4-12-7-15-8-13(12)5-10;8-7(10)5-1-6(12-9-5)4-2-11-3-4/h10-15H,1-9H2;1,4H,2-3H2,(H2,8,10). The molecule has 0 bridgehead atoms. The van der Waals surface area contributed by atoms with Gasteiger partial charge in [0.1, 0.15) is 5.76 Å². The van der Waals surface area contributed by atoms with Crippen molar-refractivity contribution < 1.29 is 14.1 Å². The second-order valence-electron chi connectivity index (χ2n) is 9.37. The lowest BCUT2D eigenvalue weighted by atomic mass is 10.0. The quantitative estimate of drug-likeness (QED) is 0.706. The van der Waals surface area contributed by atoms with Crippen molar-refractivity contribution in [2.45, 2.75) is 44.1 Å². The molecule has 2 saturated carbocycles. The average molecular weight is 421 g/mol. The Hall–Kier alpha value is -1.09. The number of rotatable bonds is 5. The van der Waals surface area contributed by atoms with Crippen LogP contribution in [0.2, 0.25) is 0 Å². The van der Waals surface area contributed by atoms with Crippen molar-refractivity contribution >= 4 is 17.9 Å². The third-order valence-corrected chi connectivity index (χ3v) is 8.66. The van der Waals surface area contributed by atoms with Crippen LogP contribution in [0.25, 0.3) is 0 Å². The molecule has 4 atom stereocenters. The maximum absolute atomic E-state index is 10.6. The molecule has 4 unspecified atom stereocenters. The molecule has 29 heavy (non-hydrogen) atoms. The number of nitrogens with one attached hydrogen (secondary N) is 1. The summed E-state index contributed by atoms with van der Waals surface area (Å²) >= 11 is 2.20. The van der Waals surface area contributed by atoms with Crippen molar-refractivity contribution in [3.8, 4) is 0 Å². The van der Waals surface area contributed by atoms with Crippen LogP contribution in [-0.2, 0) is 4.74 Å². The summed E-state index contributed by atoms with van der Waals surface area (Å²) in [5.74, 6) is 5.92. The predicted molar refractivity (Wildman–Crippen MR) is 111 cm³/mol. The molecule has 1 amide bonds. The number of amides is 1. The Kier molecular flexibility index (Phi) is 5.87. The number of carbonyl (C=O) groups excluding carboxylic acids is 1. The topological polar surface area (TPSA) is 93.6 Å². The van der Waals surface area contributed by atoms with Crippen LogP contribution in [0.15, 0.2) is 10.6 Å². The summed E-state index contributed by atoms with van der Waals surface area (Å²) in [6, 6.07) is 2.55. The lowest BCUT2D eigenvalue weighted by molar-refractivity contribution is -0.00228. The van der Waals surface area contributed by atoms with Gasteiger partial charge in [-0.1, -0.05) is 17.1 Å². The zero-order valence-electron chi connectivity index (χ0n) is 16.9. The number of ether oxygens (including phenoxy) is 1. The van der Waals surface area contributed by atoms with Gasteiger partial charge in [0.25, 0.3) is 5.91 Å². The van der Waals surface area contributed by atoms with Crippen molar-refractivity contribution in [1.29, 1.82) is 0 Å². The Labute approximate surface area is 176 Å². The monoisotopic (exact) mass is 420 g/mol. The predicted octanol–water partition coefficient (Wildman–Crippen LogP) is 2.25. The van der Waals surface area contributed by atoms with Gasteiger partial charge < -0.3 is 20.3 Å². The highest BCUT2D eigenvalue weighted by molar-refractivity contribution is 7.97. The number of primary amides is 1. The van der Waals surface area contributed by atoms with E-state index in [-0.39, 0.29) is 11.6 Å². The molecule has 5 fully saturated rings. The van der Waals surface area contributed by atoms with Gasteiger partial charge in [-0.05, 0) is 68.9 Å². The van der Waals surface area contributed by atoms with Crippen molar-refractivity contribution in [2.75, 3.05) is 38.6 Å². The normalized spacial score (nSPS) is 35.9. The molecule has 0 spiro atoms. The lowest BCUT2D eigenvalue weighted by Crippen LogP contribution is -2.26. The number of piperidine rings is 1. The summed E-state index contributed by atoms with van der Waals surface area (Å²) in [7, 11) is 0. The molecule has 0 aromatic carbocycles. The lowest BCUT2D eigenvalue weighted by Gasteiger charge is -2.26. The molecule has 8 heteroatoms. The molecule has 160 valence electrons. The first-order valence-electron chi connectivity index (χ1n) is 11.1. The highest BCUT2D eigenvalue weighted by Crippen LogP contribution is 2.47. The van der Waals surface area contributed by atoms with Crippen LogP contribution in [0.4, 0.5) is 0 Å². The molecule has 1 aromatic heterocycles. The smallest absolute Gasteiger partial charge is 0.270 e. The fourth-order valence-electron chi connectivity index (χ4n) is 5.36. The second-order valence-corrected chi connectivity index (χ2v) is 10.4. The number of carbonyl (C=O) groups is 1. The first-order chi connectivity index (χ1) is 14.2. The van der Waals surface area contributed by atoms with E-state index >= 15 is 0 Å². The van der Waals surface area contributed by atoms with Gasteiger partial charge in [-0.3, -0.25) is 4.79 Å². The minimum atomic E-state index is -0.565. The third kappa shape index (κ3) is 4.50. The molecular weight excluding hydrogens is 388 g/mol. The molecular formula is C21H32N4O3S. The minimum Gasteiger partial charge on any atom is -0.380 e. The number of hydrogen-bond donors (Lipinski definition) is 2. The van der Waals surface area contributed by atoms with E-state index in [1.165, 1.54) is 57.5 Å². The van der Waals surface area contributed by atoms with Crippen LogP contribution >= 0.6 is 11.9 Å². The Balaban J connectivity index is 0.000000134. The van der Waals surface area contributed by atoms with E-state index < -0.39 is 5.91 Å². The maximum atomic E-state index is 10.6. The third-order valence-electron chi connectivity index (χ3n) is 7.26. The van der Waals surface area contributed by atoms with Crippen LogP contribution in [0.5, 0.6) is 0 Å². The van der Waals surface area contributed by atoms with Gasteiger partial charge in [-0.25, -0.2) is 4.31 Å². The maximum Gasteiger partial charge on any atom is 0.270 e. The van der Waals surface area contributed by atoms with Crippen LogP contribution < -0.4 is 11.1 Å². The Bertz CT molecular complexity index is 713. The summed E-state index contributed by atoms with van der Waals surface area (Å²) in [6.07, 6.45) is 7.49. The first kappa shape index (κ1) is 19.8. The largest absolute Gasteiger partial charge is 0.380 e. The molecule has 3 aliphatic heterocycles. The summed E-state index contributed by atoms with van der Waals surface area (Å²) in [5, 5.41) is 7.06. The Morgan fingerprint density at radius 1 is 1.24 bits per heavy atom. The van der Waals surface area contributed by atoms with Gasteiger partial charge in [0.2, 0.25) is 0 Å². The number of fused-ring (bicyclic) bond motifs is 2. The van der Waals surface area contributed by atoms with E-state index in [9.17, 15) is 4.79 Å². The van der Waals surface area contributed by atoms with E-state index in [4.69, 9.17) is 15.0 Å². The van der Waals surface area contributed by atoms with Gasteiger partial charge in [0.05, 0.1) is 19.1 Å². The van der Waals surface area contributed by atoms with E-state index in [0.29, 0.717) is 19.0 Å². The Morgan fingerprint density at radius 3 is 2.69 bits per heavy atom. The van der Waals surface area contributed by atoms with E-state index in [2.05, 4.69) is 26.7 Å². The number of nitrogens with two attached hydrogens (primary N) is 1. The van der Waals surface area contributed by atoms with Crippen LogP contribution in [0.1, 0.15) is 54.3 Å². The summed E-state index contributed by atoms with van der Waals surface area (Å²) in [5.41, 5.74) is 5.17. The molecule has 1 aromatic rings. The van der Waals surface area contributed by atoms with Gasteiger partial charge in [0.15, 0.2) is 5.69 Å². The first-order valence-corrected chi connectivity index (χ1v) is 12.1. The molecule has 0 radical (unpaired) electrons. The average Bonchev–Trinajstić information content (AvgIpc) is 2.98. The van der Waals surface area contributed by atoms with Crippen LogP contribution in [-0.4, -0.2) is 60.0 Å². The van der Waals surface area contributed by atoms with Crippen molar-refractivity contribution in [2.24, 2.45) is 29.4 Å². The molecule has 3 N–H and O–H groups in total. The minimum absolute atomic E-state index is 0.178. The zero-order chi connectivity index (χ0) is 19.8. The zero-order valence-corrected chi connectivity index (χ0v) is 17.7. The number of nitrogens with zero attached hydrogens (tertiary/aromatic N) is 2. The highest BCUT2D eigenvalue weighted by atomic mass is 32.2. The van der Waals surface area contributed by atoms with Crippen molar-refractivity contribution in [3.05, 3.63) is 17.5 Å². The summed E-state index contributed by atoms with van der Waals surface area (Å²) in [4.78, 5) is 10.6. The highest BCUT2D eigenvalue weighted by Gasteiger charge is 2.45. The molecule has 3 saturated heterocycles. The number of hydrogen-bond acceptors (Lipinski definition) is 7. The van der Waals surface area contributed by atoms with Gasteiger partial charge in [-0.2, -0.15) is 0 Å². The molecule has 5 aliphatic rings. The Morgan fingerprint density at radius 2 is 2.03 bits per heavy atom. The molecule has 4 heterocycles. The van der Waals surface area contributed by atoms with Crippen molar-refractivity contribution in [3.63, 3.8) is 0 Å². The number of aromatic nitrogens is 1. The van der Waals surface area contributed by atoms with E-state index in [1.54, 1.807) is 6.07 Å². The fraction of sp³-hybridized carbons (Fsp3) is 0.810. The van der Waals surface area contributed by atoms with Gasteiger partial charge in [0, 0.05) is 24.4 Å². The molecule has 2 aliphatic carbocycles. The fourth-order valence-corrected chi connectivity index (χ4v) is 6.74. The second kappa shape index (κ2) is 8.57. The van der Waals surface area contributed by atoms with Crippen molar-refractivity contribution in [1.82, 2.24) is 14.8 Å². The van der Waals surface area contributed by atoms with Gasteiger partial charge in [-0.15, -0.1) is 0 Å². The van der Waals surface area contributed by atoms with Gasteiger partial charge >= 0.3 is 0 Å². The van der Waals surface area contributed by atoms with E-state index in [1.807, 2.05) is 0 Å². The summed E-state index contributed by atoms with van der Waals surface area (Å²) < 4.78 is 12.6. The van der Waals surface area contributed by atoms with Crippen LogP contribution in [0.3, 0.4) is 0 Å².